The van der Waals surface area contributed by atoms with E-state index >= 15 is 0 Å². The van der Waals surface area contributed by atoms with Gasteiger partial charge in [-0.3, -0.25) is 0 Å². The summed E-state index contributed by atoms with van der Waals surface area (Å²) in [5.41, 5.74) is 2.44. The van der Waals surface area contributed by atoms with Crippen LogP contribution in [-0.2, 0) is 0 Å². The zero-order valence-electron chi connectivity index (χ0n) is 9.68. The number of nitrogens with zero attached hydrogens (tertiary/aromatic N) is 1. The largest absolute Gasteiger partial charge is 0.496 e. The molecule has 1 heterocycles. The highest BCUT2D eigenvalue weighted by Crippen LogP contribution is 2.32. The third-order valence-electron chi connectivity index (χ3n) is 2.69. The molecule has 0 radical (unpaired) electrons. The fourth-order valence-corrected chi connectivity index (χ4v) is 2.18. The smallest absolute Gasteiger partial charge is 0.231 e. The molecule has 18 heavy (non-hydrogen) atoms. The number of hydrogen-bond donors (Lipinski definition) is 0. The minimum absolute atomic E-state index is 0.570. The molecule has 0 saturated heterocycles. The average Bonchev–Trinajstić information content (AvgIpc) is 2.81. The standard InChI is InChI=1S/C14H10BrNO2/c1-17-12-5-3-2-4-10(12)14-16-11-7-6-9(15)8-13(11)18-14/h2-8H,1H3. The van der Waals surface area contributed by atoms with Gasteiger partial charge in [-0.25, -0.2) is 4.98 Å². The molecule has 0 bridgehead atoms. The third kappa shape index (κ3) is 1.88. The molecule has 0 aliphatic rings. The highest BCUT2D eigenvalue weighted by Gasteiger charge is 2.12. The number of fused-ring (bicyclic) bond motifs is 1. The van der Waals surface area contributed by atoms with E-state index in [9.17, 15) is 0 Å². The summed E-state index contributed by atoms with van der Waals surface area (Å²) in [5.74, 6) is 1.32. The lowest BCUT2D eigenvalue weighted by Crippen LogP contribution is -1.86. The molecule has 0 spiro atoms. The van der Waals surface area contributed by atoms with Crippen molar-refractivity contribution < 1.29 is 9.15 Å². The van der Waals surface area contributed by atoms with Crippen LogP contribution in [0.25, 0.3) is 22.6 Å². The van der Waals surface area contributed by atoms with E-state index in [2.05, 4.69) is 20.9 Å². The van der Waals surface area contributed by atoms with E-state index in [0.717, 1.165) is 26.9 Å². The van der Waals surface area contributed by atoms with Crippen molar-refractivity contribution in [3.8, 4) is 17.2 Å². The van der Waals surface area contributed by atoms with Gasteiger partial charge in [0.1, 0.15) is 11.3 Å². The fraction of sp³-hybridized carbons (Fsp3) is 0.0714. The van der Waals surface area contributed by atoms with Gasteiger partial charge in [-0.05, 0) is 30.3 Å². The Morgan fingerprint density at radius 2 is 2.00 bits per heavy atom. The van der Waals surface area contributed by atoms with Crippen LogP contribution in [0, 0.1) is 0 Å². The van der Waals surface area contributed by atoms with E-state index in [0.29, 0.717) is 5.89 Å². The van der Waals surface area contributed by atoms with Gasteiger partial charge in [-0.2, -0.15) is 0 Å². The molecule has 0 aliphatic heterocycles. The summed E-state index contributed by atoms with van der Waals surface area (Å²) in [6, 6.07) is 13.4. The van der Waals surface area contributed by atoms with Crippen LogP contribution in [0.4, 0.5) is 0 Å². The van der Waals surface area contributed by atoms with Crippen molar-refractivity contribution in [2.75, 3.05) is 7.11 Å². The number of rotatable bonds is 2. The predicted octanol–water partition coefficient (Wildman–Crippen LogP) is 4.27. The molecule has 0 fully saturated rings. The predicted molar refractivity (Wildman–Crippen MR) is 73.7 cm³/mol. The van der Waals surface area contributed by atoms with Gasteiger partial charge in [-0.1, -0.05) is 28.1 Å². The normalized spacial score (nSPS) is 10.8. The maximum atomic E-state index is 5.76. The highest BCUT2D eigenvalue weighted by molar-refractivity contribution is 9.10. The average molecular weight is 304 g/mol. The van der Waals surface area contributed by atoms with Crippen LogP contribution < -0.4 is 4.74 Å². The van der Waals surface area contributed by atoms with Gasteiger partial charge in [-0.15, -0.1) is 0 Å². The van der Waals surface area contributed by atoms with Gasteiger partial charge < -0.3 is 9.15 Å². The minimum Gasteiger partial charge on any atom is -0.496 e. The van der Waals surface area contributed by atoms with Crippen molar-refractivity contribution in [2.45, 2.75) is 0 Å². The molecule has 0 amide bonds. The SMILES string of the molecule is COc1ccccc1-c1nc2ccc(Br)cc2o1. The zero-order valence-corrected chi connectivity index (χ0v) is 11.3. The van der Waals surface area contributed by atoms with Crippen molar-refractivity contribution in [2.24, 2.45) is 0 Å². The summed E-state index contributed by atoms with van der Waals surface area (Å²) >= 11 is 3.41. The minimum atomic E-state index is 0.570. The topological polar surface area (TPSA) is 35.3 Å². The number of halogens is 1. The Morgan fingerprint density at radius 1 is 1.17 bits per heavy atom. The van der Waals surface area contributed by atoms with E-state index in [1.807, 2.05) is 42.5 Å². The molecule has 0 aliphatic carbocycles. The Balaban J connectivity index is 2.19. The third-order valence-corrected chi connectivity index (χ3v) is 3.18. The lowest BCUT2D eigenvalue weighted by Gasteiger charge is -2.03. The molecule has 2 aromatic carbocycles. The zero-order chi connectivity index (χ0) is 12.5. The van der Waals surface area contributed by atoms with Crippen LogP contribution in [0.15, 0.2) is 51.4 Å². The molecular formula is C14H10BrNO2. The number of hydrogen-bond acceptors (Lipinski definition) is 3. The molecule has 4 heteroatoms. The molecule has 0 atom stereocenters. The Morgan fingerprint density at radius 3 is 2.83 bits per heavy atom. The number of para-hydroxylation sites is 1. The first-order valence-electron chi connectivity index (χ1n) is 5.47. The second kappa shape index (κ2) is 4.46. The van der Waals surface area contributed by atoms with Gasteiger partial charge >= 0.3 is 0 Å². The Kier molecular flexibility index (Phi) is 2.80. The molecule has 3 aromatic rings. The Labute approximate surface area is 113 Å². The molecule has 3 nitrogen and oxygen atoms in total. The fourth-order valence-electron chi connectivity index (χ4n) is 1.83. The Bertz CT molecular complexity index is 706. The Hall–Kier alpha value is -1.81. The van der Waals surface area contributed by atoms with Crippen LogP contribution in [-0.4, -0.2) is 12.1 Å². The monoisotopic (exact) mass is 303 g/mol. The van der Waals surface area contributed by atoms with Crippen LogP contribution in [0.3, 0.4) is 0 Å². The van der Waals surface area contributed by atoms with Gasteiger partial charge in [0.2, 0.25) is 5.89 Å². The van der Waals surface area contributed by atoms with Crippen molar-refractivity contribution >= 4 is 27.0 Å². The van der Waals surface area contributed by atoms with Gasteiger partial charge in [0.15, 0.2) is 5.58 Å². The molecule has 0 N–H and O–H groups in total. The van der Waals surface area contributed by atoms with Crippen LogP contribution in [0.2, 0.25) is 0 Å². The van der Waals surface area contributed by atoms with Crippen LogP contribution in [0.1, 0.15) is 0 Å². The van der Waals surface area contributed by atoms with E-state index in [1.165, 1.54) is 0 Å². The number of ether oxygens (including phenoxy) is 1. The lowest BCUT2D eigenvalue weighted by molar-refractivity contribution is 0.414. The molecule has 1 aromatic heterocycles. The summed E-state index contributed by atoms with van der Waals surface area (Å²) < 4.78 is 12.0. The lowest BCUT2D eigenvalue weighted by atomic mass is 10.2. The maximum Gasteiger partial charge on any atom is 0.231 e. The van der Waals surface area contributed by atoms with Crippen molar-refractivity contribution in [1.29, 1.82) is 0 Å². The first kappa shape index (κ1) is 11.3. The number of methoxy groups -OCH3 is 1. The first-order chi connectivity index (χ1) is 8.78. The van der Waals surface area contributed by atoms with Gasteiger partial charge in [0.05, 0.1) is 12.7 Å². The molecule has 3 rings (SSSR count). The summed E-state index contributed by atoms with van der Waals surface area (Å²) in [6.07, 6.45) is 0. The van der Waals surface area contributed by atoms with Crippen molar-refractivity contribution in [3.05, 3.63) is 46.9 Å². The summed E-state index contributed by atoms with van der Waals surface area (Å²) in [7, 11) is 1.64. The summed E-state index contributed by atoms with van der Waals surface area (Å²) in [6.45, 7) is 0. The van der Waals surface area contributed by atoms with Crippen LogP contribution >= 0.6 is 15.9 Å². The van der Waals surface area contributed by atoms with Crippen LogP contribution in [0.5, 0.6) is 5.75 Å². The first-order valence-corrected chi connectivity index (χ1v) is 6.27. The van der Waals surface area contributed by atoms with E-state index in [-0.39, 0.29) is 0 Å². The maximum absolute atomic E-state index is 5.76. The number of benzene rings is 2. The molecule has 0 unspecified atom stereocenters. The van der Waals surface area contributed by atoms with Gasteiger partial charge in [0.25, 0.3) is 0 Å². The van der Waals surface area contributed by atoms with Crippen molar-refractivity contribution in [3.63, 3.8) is 0 Å². The molecule has 0 saturated carbocycles. The van der Waals surface area contributed by atoms with Crippen molar-refractivity contribution in [1.82, 2.24) is 4.98 Å². The van der Waals surface area contributed by atoms with E-state index in [1.54, 1.807) is 7.11 Å². The van der Waals surface area contributed by atoms with Gasteiger partial charge in [0, 0.05) is 4.47 Å². The molecular weight excluding hydrogens is 294 g/mol. The number of aromatic nitrogens is 1. The second-order valence-electron chi connectivity index (χ2n) is 3.83. The summed E-state index contributed by atoms with van der Waals surface area (Å²) in [5, 5.41) is 0. The highest BCUT2D eigenvalue weighted by atomic mass is 79.9. The van der Waals surface area contributed by atoms with E-state index in [4.69, 9.17) is 9.15 Å². The second-order valence-corrected chi connectivity index (χ2v) is 4.75. The quantitative estimate of drug-likeness (QED) is 0.709. The van der Waals surface area contributed by atoms with E-state index < -0.39 is 0 Å². The molecule has 90 valence electrons. The summed E-state index contributed by atoms with van der Waals surface area (Å²) in [4.78, 5) is 4.47. The number of oxazole rings is 1.